The van der Waals surface area contributed by atoms with Crippen molar-refractivity contribution in [2.24, 2.45) is 11.8 Å². The molecule has 1 aliphatic rings. The van der Waals surface area contributed by atoms with Crippen molar-refractivity contribution in [3.8, 4) is 0 Å². The van der Waals surface area contributed by atoms with Crippen LogP contribution in [0.15, 0.2) is 24.3 Å². The van der Waals surface area contributed by atoms with Crippen LogP contribution in [0, 0.1) is 11.8 Å². The van der Waals surface area contributed by atoms with Gasteiger partial charge in [-0.3, -0.25) is 9.59 Å². The molecule has 0 radical (unpaired) electrons. The highest BCUT2D eigenvalue weighted by atomic mass is 35.5. The van der Waals surface area contributed by atoms with E-state index in [1.54, 1.807) is 0 Å². The molecule has 1 saturated heterocycles. The first kappa shape index (κ1) is 22.1. The van der Waals surface area contributed by atoms with Gasteiger partial charge in [0, 0.05) is 22.7 Å². The summed E-state index contributed by atoms with van der Waals surface area (Å²) in [7, 11) is 0. The van der Waals surface area contributed by atoms with Crippen molar-refractivity contribution in [2.45, 2.75) is 64.3 Å². The van der Waals surface area contributed by atoms with Gasteiger partial charge in [-0.15, -0.1) is 0 Å². The Morgan fingerprint density at radius 1 is 1.22 bits per heavy atom. The zero-order chi connectivity index (χ0) is 20.1. The number of carbonyl (C=O) groups is 2. The summed E-state index contributed by atoms with van der Waals surface area (Å²) in [5.41, 5.74) is 1.07. The molecule has 0 aliphatic carbocycles. The Hall–Kier alpha value is -1.20. The first-order valence-electron chi connectivity index (χ1n) is 9.61. The molecule has 0 spiro atoms. The Morgan fingerprint density at radius 2 is 1.85 bits per heavy atom. The minimum Gasteiger partial charge on any atom is -0.481 e. The lowest BCUT2D eigenvalue weighted by atomic mass is 9.84. The summed E-state index contributed by atoms with van der Waals surface area (Å²) in [5.74, 6) is -0.220. The van der Waals surface area contributed by atoms with Gasteiger partial charge >= 0.3 is 5.97 Å². The van der Waals surface area contributed by atoms with E-state index in [-0.39, 0.29) is 24.4 Å². The van der Waals surface area contributed by atoms with E-state index in [1.165, 1.54) is 0 Å². The van der Waals surface area contributed by atoms with Crippen LogP contribution in [-0.4, -0.2) is 38.9 Å². The van der Waals surface area contributed by atoms with Gasteiger partial charge in [0.2, 0.25) is 5.91 Å². The smallest absolute Gasteiger partial charge is 0.304 e. The van der Waals surface area contributed by atoms with Gasteiger partial charge in [-0.2, -0.15) is 11.8 Å². The van der Waals surface area contributed by atoms with Crippen LogP contribution in [0.4, 0.5) is 0 Å². The monoisotopic (exact) mass is 411 g/mol. The number of amides is 1. The zero-order valence-electron chi connectivity index (χ0n) is 16.5. The minimum atomic E-state index is -0.907. The highest BCUT2D eigenvalue weighted by molar-refractivity contribution is 7.99. The predicted octanol–water partition coefficient (Wildman–Crippen LogP) is 5.26. The maximum atomic E-state index is 13.3. The lowest BCUT2D eigenvalue weighted by Gasteiger charge is -2.45. The van der Waals surface area contributed by atoms with E-state index in [0.717, 1.165) is 17.7 Å². The highest BCUT2D eigenvalue weighted by Crippen LogP contribution is 2.39. The van der Waals surface area contributed by atoms with Gasteiger partial charge in [-0.05, 0) is 41.7 Å². The van der Waals surface area contributed by atoms with Crippen molar-refractivity contribution < 1.29 is 14.7 Å². The van der Waals surface area contributed by atoms with Crippen LogP contribution < -0.4 is 0 Å². The van der Waals surface area contributed by atoms with E-state index in [0.29, 0.717) is 22.6 Å². The Labute approximate surface area is 171 Å². The molecular formula is C21H30ClNO3S. The molecule has 2 rings (SSSR count). The normalized spacial score (nSPS) is 21.7. The zero-order valence-corrected chi connectivity index (χ0v) is 18.1. The standard InChI is InChI=1S/C21H30ClNO3S/c1-13(2)19(12-27-14(3)4)23-18(15-5-8-17(22)9-6-15)10-7-16(21(23)26)11-20(24)25/h5-6,8-9,13-14,16,18-19H,7,10-12H2,1-4H3,(H,24,25). The number of rotatable bonds is 8. The minimum absolute atomic E-state index is 0.0216. The van der Waals surface area contributed by atoms with Gasteiger partial charge in [-0.25, -0.2) is 0 Å². The topological polar surface area (TPSA) is 57.6 Å². The molecule has 0 bridgehead atoms. The van der Waals surface area contributed by atoms with Crippen LogP contribution in [0.1, 0.15) is 58.6 Å². The summed E-state index contributed by atoms with van der Waals surface area (Å²) < 4.78 is 0. The lowest BCUT2D eigenvalue weighted by molar-refractivity contribution is -0.151. The van der Waals surface area contributed by atoms with Crippen LogP contribution in [0.3, 0.4) is 0 Å². The van der Waals surface area contributed by atoms with Crippen LogP contribution in [-0.2, 0) is 9.59 Å². The van der Waals surface area contributed by atoms with Crippen LogP contribution in [0.25, 0.3) is 0 Å². The molecule has 0 aromatic heterocycles. The molecule has 0 saturated carbocycles. The quantitative estimate of drug-likeness (QED) is 0.633. The number of aliphatic carboxylic acids is 1. The Morgan fingerprint density at radius 3 is 2.37 bits per heavy atom. The number of carboxylic acid groups (broad SMARTS) is 1. The number of likely N-dealkylation sites (tertiary alicyclic amines) is 1. The number of thioether (sulfide) groups is 1. The number of carbonyl (C=O) groups excluding carboxylic acids is 1. The van der Waals surface area contributed by atoms with Crippen molar-refractivity contribution in [1.29, 1.82) is 0 Å². The second-order valence-corrected chi connectivity index (χ2v) is 9.92. The summed E-state index contributed by atoms with van der Waals surface area (Å²) in [5, 5.41) is 10.4. The average Bonchev–Trinajstić information content (AvgIpc) is 2.58. The molecule has 1 fully saturated rings. The number of halogens is 1. The second kappa shape index (κ2) is 9.83. The maximum Gasteiger partial charge on any atom is 0.304 e. The van der Waals surface area contributed by atoms with Crippen LogP contribution >= 0.6 is 23.4 Å². The number of benzene rings is 1. The molecule has 1 aliphatic heterocycles. The first-order chi connectivity index (χ1) is 12.7. The van der Waals surface area contributed by atoms with E-state index >= 15 is 0 Å². The Kier molecular flexibility index (Phi) is 8.04. The molecule has 1 heterocycles. The molecule has 4 nitrogen and oxygen atoms in total. The molecule has 3 unspecified atom stereocenters. The molecular weight excluding hydrogens is 382 g/mol. The third-order valence-electron chi connectivity index (χ3n) is 5.13. The first-order valence-corrected chi connectivity index (χ1v) is 11.0. The largest absolute Gasteiger partial charge is 0.481 e. The molecule has 1 N–H and O–H groups in total. The fraction of sp³-hybridized carbons (Fsp3) is 0.619. The molecule has 150 valence electrons. The number of hydrogen-bond acceptors (Lipinski definition) is 3. The predicted molar refractivity (Wildman–Crippen MR) is 112 cm³/mol. The summed E-state index contributed by atoms with van der Waals surface area (Å²) in [4.78, 5) is 26.6. The Balaban J connectivity index is 2.37. The number of nitrogens with zero attached hydrogens (tertiary/aromatic N) is 1. The van der Waals surface area contributed by atoms with Gasteiger partial charge < -0.3 is 10.0 Å². The number of hydrogen-bond donors (Lipinski definition) is 1. The van der Waals surface area contributed by atoms with Crippen LogP contribution in [0.2, 0.25) is 5.02 Å². The fourth-order valence-electron chi connectivity index (χ4n) is 3.68. The van der Waals surface area contributed by atoms with Gasteiger partial charge in [0.05, 0.1) is 12.5 Å². The van der Waals surface area contributed by atoms with Gasteiger partial charge in [0.1, 0.15) is 0 Å². The van der Waals surface area contributed by atoms with E-state index in [9.17, 15) is 14.7 Å². The third kappa shape index (κ3) is 5.89. The molecule has 1 amide bonds. The number of carboxylic acids is 1. The van der Waals surface area contributed by atoms with Crippen molar-refractivity contribution in [1.82, 2.24) is 4.90 Å². The summed E-state index contributed by atoms with van der Waals surface area (Å²) in [6.07, 6.45) is 1.29. The van der Waals surface area contributed by atoms with Gasteiger partial charge in [0.25, 0.3) is 0 Å². The SMILES string of the molecule is CC(C)SCC(C(C)C)N1C(=O)C(CC(=O)O)CCC1c1ccc(Cl)cc1. The van der Waals surface area contributed by atoms with E-state index in [2.05, 4.69) is 27.7 Å². The van der Waals surface area contributed by atoms with E-state index in [1.807, 2.05) is 40.9 Å². The van der Waals surface area contributed by atoms with E-state index in [4.69, 9.17) is 11.6 Å². The van der Waals surface area contributed by atoms with Gasteiger partial charge in [-0.1, -0.05) is 51.4 Å². The molecule has 6 heteroatoms. The van der Waals surface area contributed by atoms with Gasteiger partial charge in [0.15, 0.2) is 0 Å². The third-order valence-corrected chi connectivity index (χ3v) is 6.58. The van der Waals surface area contributed by atoms with Crippen molar-refractivity contribution in [3.63, 3.8) is 0 Å². The lowest BCUT2D eigenvalue weighted by Crippen LogP contribution is -2.52. The van der Waals surface area contributed by atoms with Crippen molar-refractivity contribution in [3.05, 3.63) is 34.9 Å². The van der Waals surface area contributed by atoms with Crippen molar-refractivity contribution in [2.75, 3.05) is 5.75 Å². The molecule has 3 atom stereocenters. The van der Waals surface area contributed by atoms with Crippen LogP contribution in [0.5, 0.6) is 0 Å². The van der Waals surface area contributed by atoms with E-state index < -0.39 is 11.9 Å². The van der Waals surface area contributed by atoms with Crippen molar-refractivity contribution >= 4 is 35.2 Å². The summed E-state index contributed by atoms with van der Waals surface area (Å²) >= 11 is 7.89. The Bertz CT molecular complexity index is 647. The molecule has 27 heavy (non-hydrogen) atoms. The molecule has 1 aromatic carbocycles. The summed E-state index contributed by atoms with van der Waals surface area (Å²) in [6.45, 7) is 8.59. The second-order valence-electron chi connectivity index (χ2n) is 7.88. The maximum absolute atomic E-state index is 13.3. The highest BCUT2D eigenvalue weighted by Gasteiger charge is 2.41. The summed E-state index contributed by atoms with van der Waals surface area (Å²) in [6, 6.07) is 7.73. The molecule has 1 aromatic rings. The number of piperidine rings is 1. The fourth-order valence-corrected chi connectivity index (χ4v) is 4.93. The average molecular weight is 412 g/mol.